The minimum Gasteiger partial charge on any atom is -0.454 e. The van der Waals surface area contributed by atoms with Crippen LogP contribution in [0.25, 0.3) is 55.1 Å². The minimum atomic E-state index is -1.35. The van der Waals surface area contributed by atoms with Gasteiger partial charge in [-0.05, 0) is 53.4 Å². The van der Waals surface area contributed by atoms with Crippen LogP contribution in [-0.4, -0.2) is 0 Å². The molecule has 0 aliphatic carbocycles. The highest BCUT2D eigenvalue weighted by atomic mass is 16.3. The van der Waals surface area contributed by atoms with E-state index in [0.717, 1.165) is 49.7 Å². The average molecular weight is 459 g/mol. The molecule has 0 radical (unpaired) electrons. The fraction of sp³-hybridized carbons (Fsp3) is 0.182. The molecule has 0 N–H and O–H groups in total. The van der Waals surface area contributed by atoms with Crippen LogP contribution in [0.3, 0.4) is 0 Å². The lowest BCUT2D eigenvalue weighted by Gasteiger charge is -2.08. The molecule has 2 aromatic heterocycles. The number of hydrogen-bond donors (Lipinski definition) is 0. The van der Waals surface area contributed by atoms with Crippen LogP contribution < -0.4 is 4.57 Å². The van der Waals surface area contributed by atoms with Crippen molar-refractivity contribution in [3.8, 4) is 22.4 Å². The van der Waals surface area contributed by atoms with Crippen LogP contribution >= 0.6 is 0 Å². The SMILES string of the molecule is [2H]C([2H])(c1ccc(-c2ccc(-c3c(C)ccc4c3oc3c5ccccc5ccc43)[n+](C)c2)cc1)C(C)C. The molecule has 4 aromatic carbocycles. The molecule has 6 aromatic rings. The summed E-state index contributed by atoms with van der Waals surface area (Å²) in [5, 5.41) is 4.57. The summed E-state index contributed by atoms with van der Waals surface area (Å²) < 4.78 is 25.5. The molecule has 0 amide bonds. The Morgan fingerprint density at radius 1 is 0.771 bits per heavy atom. The predicted molar refractivity (Wildman–Crippen MR) is 147 cm³/mol. The standard InChI is InChI=1S/C33H30NO/c1-21(2)19-23-10-12-24(13-11-23)26-15-18-30(34(4)20-26)31-22(3)9-16-29-28-17-14-25-7-5-6-8-27(25)32(28)35-33(29)31/h5-18,20-21H,19H2,1-4H3/q+1/i19D2. The molecule has 6 rings (SSSR count). The predicted octanol–water partition coefficient (Wildman–Crippen LogP) is 8.40. The molecule has 0 spiro atoms. The van der Waals surface area contributed by atoms with Gasteiger partial charge in [0.2, 0.25) is 5.69 Å². The quantitative estimate of drug-likeness (QED) is 0.242. The van der Waals surface area contributed by atoms with E-state index in [1.165, 1.54) is 10.9 Å². The average Bonchev–Trinajstić information content (AvgIpc) is 3.28. The normalized spacial score (nSPS) is 13.1. The Morgan fingerprint density at radius 3 is 2.26 bits per heavy atom. The molecule has 2 heteroatoms. The largest absolute Gasteiger partial charge is 0.454 e. The molecular weight excluding hydrogens is 426 g/mol. The summed E-state index contributed by atoms with van der Waals surface area (Å²) in [4.78, 5) is 0. The molecule has 0 fully saturated rings. The fourth-order valence-electron chi connectivity index (χ4n) is 5.11. The first-order valence-electron chi connectivity index (χ1n) is 13.2. The molecule has 0 saturated heterocycles. The van der Waals surface area contributed by atoms with Gasteiger partial charge in [0, 0.05) is 30.5 Å². The Balaban J connectivity index is 1.46. The van der Waals surface area contributed by atoms with Crippen LogP contribution in [0.4, 0.5) is 0 Å². The Hall–Kier alpha value is -3.91. The van der Waals surface area contributed by atoms with Crippen molar-refractivity contribution in [1.29, 1.82) is 0 Å². The maximum absolute atomic E-state index is 8.38. The first-order valence-corrected chi connectivity index (χ1v) is 12.2. The number of rotatable bonds is 4. The first-order chi connectivity index (χ1) is 17.8. The maximum atomic E-state index is 8.38. The minimum absolute atomic E-state index is 0.0855. The van der Waals surface area contributed by atoms with Gasteiger partial charge in [0.25, 0.3) is 0 Å². The van der Waals surface area contributed by atoms with Crippen molar-refractivity contribution in [3.05, 3.63) is 102 Å². The van der Waals surface area contributed by atoms with Crippen molar-refractivity contribution in [2.45, 2.75) is 27.1 Å². The van der Waals surface area contributed by atoms with E-state index in [9.17, 15) is 0 Å². The highest BCUT2D eigenvalue weighted by Crippen LogP contribution is 2.39. The zero-order chi connectivity index (χ0) is 25.9. The van der Waals surface area contributed by atoms with Gasteiger partial charge in [0.15, 0.2) is 6.20 Å². The number of furan rings is 1. The van der Waals surface area contributed by atoms with E-state index in [1.807, 2.05) is 38.1 Å². The van der Waals surface area contributed by atoms with Gasteiger partial charge in [-0.3, -0.25) is 0 Å². The van der Waals surface area contributed by atoms with Crippen LogP contribution in [0, 0.1) is 12.8 Å². The molecule has 2 nitrogen and oxygen atoms in total. The van der Waals surface area contributed by atoms with Gasteiger partial charge in [0.1, 0.15) is 18.2 Å². The van der Waals surface area contributed by atoms with E-state index in [1.54, 1.807) is 0 Å². The highest BCUT2D eigenvalue weighted by molar-refractivity contribution is 6.17. The lowest BCUT2D eigenvalue weighted by atomic mass is 9.98. The second-order valence-corrected chi connectivity index (χ2v) is 9.69. The van der Waals surface area contributed by atoms with Crippen LogP contribution in [0.5, 0.6) is 0 Å². The molecule has 0 saturated carbocycles. The maximum Gasteiger partial charge on any atom is 0.216 e. The van der Waals surface area contributed by atoms with Gasteiger partial charge >= 0.3 is 0 Å². The lowest BCUT2D eigenvalue weighted by molar-refractivity contribution is -0.659. The third-order valence-corrected chi connectivity index (χ3v) is 6.80. The Bertz CT molecular complexity index is 1800. The second kappa shape index (κ2) is 8.39. The lowest BCUT2D eigenvalue weighted by Crippen LogP contribution is -2.31. The van der Waals surface area contributed by atoms with E-state index in [2.05, 4.69) is 85.4 Å². The van der Waals surface area contributed by atoms with Crippen molar-refractivity contribution in [3.63, 3.8) is 0 Å². The molecule has 172 valence electrons. The van der Waals surface area contributed by atoms with Gasteiger partial charge in [-0.2, -0.15) is 0 Å². The summed E-state index contributed by atoms with van der Waals surface area (Å²) in [6, 6.07) is 29.2. The number of nitrogens with zero attached hydrogens (tertiary/aromatic N) is 1. The Morgan fingerprint density at radius 2 is 1.49 bits per heavy atom. The van der Waals surface area contributed by atoms with Gasteiger partial charge < -0.3 is 4.42 Å². The van der Waals surface area contributed by atoms with E-state index in [0.29, 0.717) is 5.56 Å². The molecule has 0 aliphatic rings. The molecule has 0 atom stereocenters. The number of benzene rings is 4. The van der Waals surface area contributed by atoms with Crippen LogP contribution in [0.2, 0.25) is 0 Å². The highest BCUT2D eigenvalue weighted by Gasteiger charge is 2.21. The number of pyridine rings is 1. The summed E-state index contributed by atoms with van der Waals surface area (Å²) in [5.41, 5.74) is 8.07. The molecule has 0 unspecified atom stereocenters. The Kier molecular flexibility index (Phi) is 4.65. The van der Waals surface area contributed by atoms with Crippen molar-refractivity contribution in [2.24, 2.45) is 13.0 Å². The second-order valence-electron chi connectivity index (χ2n) is 9.69. The summed E-state index contributed by atoms with van der Waals surface area (Å²) in [6.45, 7) is 5.97. The molecule has 0 aliphatic heterocycles. The van der Waals surface area contributed by atoms with Crippen LogP contribution in [0.1, 0.15) is 27.7 Å². The summed E-state index contributed by atoms with van der Waals surface area (Å²) in [6.07, 6.45) is 0.791. The fourth-order valence-corrected chi connectivity index (χ4v) is 5.11. The third kappa shape index (κ3) is 3.70. The number of aromatic nitrogens is 1. The van der Waals surface area contributed by atoms with Crippen molar-refractivity contribution < 1.29 is 11.7 Å². The first kappa shape index (κ1) is 19.4. The topological polar surface area (TPSA) is 17.0 Å². The molecule has 2 heterocycles. The number of aryl methyl sites for hydroxylation is 2. The monoisotopic (exact) mass is 458 g/mol. The molecule has 35 heavy (non-hydrogen) atoms. The molecule has 0 bridgehead atoms. The van der Waals surface area contributed by atoms with Crippen molar-refractivity contribution in [2.75, 3.05) is 0 Å². The summed E-state index contributed by atoms with van der Waals surface area (Å²) in [5.74, 6) is -0.0855. The van der Waals surface area contributed by atoms with E-state index in [-0.39, 0.29) is 5.92 Å². The zero-order valence-electron chi connectivity index (χ0n) is 22.6. The summed E-state index contributed by atoms with van der Waals surface area (Å²) >= 11 is 0. The smallest absolute Gasteiger partial charge is 0.216 e. The van der Waals surface area contributed by atoms with E-state index >= 15 is 0 Å². The van der Waals surface area contributed by atoms with Gasteiger partial charge in [-0.25, -0.2) is 4.57 Å². The summed E-state index contributed by atoms with van der Waals surface area (Å²) in [7, 11) is 2.07. The van der Waals surface area contributed by atoms with Gasteiger partial charge in [-0.15, -0.1) is 0 Å². The van der Waals surface area contributed by atoms with Crippen LogP contribution in [0.15, 0.2) is 95.5 Å². The van der Waals surface area contributed by atoms with Crippen molar-refractivity contribution in [1.82, 2.24) is 0 Å². The van der Waals surface area contributed by atoms with Crippen molar-refractivity contribution >= 4 is 32.7 Å². The van der Waals surface area contributed by atoms with E-state index in [4.69, 9.17) is 7.16 Å². The van der Waals surface area contributed by atoms with E-state index < -0.39 is 6.37 Å². The Labute approximate surface area is 209 Å². The van der Waals surface area contributed by atoms with Gasteiger partial charge in [0.05, 0.1) is 5.56 Å². The number of hydrogen-bond acceptors (Lipinski definition) is 1. The molecular formula is C33H30NO+. The third-order valence-electron chi connectivity index (χ3n) is 6.80. The zero-order valence-corrected chi connectivity index (χ0v) is 20.6. The van der Waals surface area contributed by atoms with Crippen LogP contribution in [-0.2, 0) is 13.4 Å². The van der Waals surface area contributed by atoms with Gasteiger partial charge in [-0.1, -0.05) is 80.6 Å². The number of fused-ring (bicyclic) bond motifs is 5.